The van der Waals surface area contributed by atoms with E-state index >= 15 is 0 Å². The lowest BCUT2D eigenvalue weighted by Crippen LogP contribution is -2.41. The zero-order valence-electron chi connectivity index (χ0n) is 23.4. The van der Waals surface area contributed by atoms with Crippen LogP contribution in [0.4, 0.5) is 5.82 Å². The number of carbonyl (C=O) groups is 1. The number of carbonyl (C=O) groups excluding carboxylic acids is 1. The number of nitrogens with zero attached hydrogens (tertiary/aromatic N) is 5. The first-order valence-corrected chi connectivity index (χ1v) is 14.2. The molecule has 3 aromatic rings. The highest BCUT2D eigenvalue weighted by atomic mass is 32.2. The lowest BCUT2D eigenvalue weighted by molar-refractivity contribution is 0.0981. The van der Waals surface area contributed by atoms with Crippen molar-refractivity contribution in [2.75, 3.05) is 18.1 Å². The fourth-order valence-electron chi connectivity index (χ4n) is 4.92. The maximum atomic E-state index is 13.4. The van der Waals surface area contributed by atoms with E-state index in [9.17, 15) is 13.2 Å². The monoisotopic (exact) mass is 542 g/mol. The Morgan fingerprint density at radius 3 is 2.50 bits per heavy atom. The van der Waals surface area contributed by atoms with Crippen LogP contribution in [-0.2, 0) is 17.1 Å². The summed E-state index contributed by atoms with van der Waals surface area (Å²) in [6.07, 6.45) is 5.84. The van der Waals surface area contributed by atoms with Crippen molar-refractivity contribution in [2.45, 2.75) is 65.3 Å². The Labute approximate surface area is 225 Å². The molecule has 1 amide bonds. The van der Waals surface area contributed by atoms with Crippen molar-refractivity contribution in [3.63, 3.8) is 0 Å². The Balaban J connectivity index is 1.71. The first-order valence-electron chi connectivity index (χ1n) is 12.7. The second-order valence-corrected chi connectivity index (χ2v) is 13.8. The number of anilines is 1. The molecule has 0 radical (unpaired) electrons. The number of sulfonamides is 1. The molecule has 1 N–H and O–H groups in total. The summed E-state index contributed by atoms with van der Waals surface area (Å²) in [6, 6.07) is 5.03. The maximum absolute atomic E-state index is 13.4. The lowest BCUT2D eigenvalue weighted by Gasteiger charge is -2.34. The lowest BCUT2D eigenvalue weighted by atomic mass is 9.97. The van der Waals surface area contributed by atoms with E-state index in [1.54, 1.807) is 53.8 Å². The Morgan fingerprint density at radius 2 is 1.92 bits per heavy atom. The van der Waals surface area contributed by atoms with Crippen LogP contribution in [0.1, 0.15) is 63.9 Å². The van der Waals surface area contributed by atoms with Gasteiger partial charge in [-0.05, 0) is 56.2 Å². The van der Waals surface area contributed by atoms with Gasteiger partial charge in [0.15, 0.2) is 5.82 Å². The van der Waals surface area contributed by atoms with E-state index in [2.05, 4.69) is 56.3 Å². The highest BCUT2D eigenvalue weighted by molar-refractivity contribution is 7.90. The summed E-state index contributed by atoms with van der Waals surface area (Å²) in [5.41, 5.74) is 0.449. The summed E-state index contributed by atoms with van der Waals surface area (Å²) in [7, 11) is -2.34. The molecule has 3 aromatic heterocycles. The summed E-state index contributed by atoms with van der Waals surface area (Å²) in [5, 5.41) is 4.50. The Morgan fingerprint density at radius 1 is 1.21 bits per heavy atom. The van der Waals surface area contributed by atoms with Crippen LogP contribution in [0.5, 0.6) is 5.88 Å². The fourth-order valence-corrected chi connectivity index (χ4v) is 6.16. The van der Waals surface area contributed by atoms with Crippen molar-refractivity contribution in [3.8, 4) is 11.7 Å². The molecule has 11 heteroatoms. The number of ether oxygens (including phenoxy) is 1. The second kappa shape index (κ2) is 9.76. The topological polar surface area (TPSA) is 111 Å². The van der Waals surface area contributed by atoms with Gasteiger partial charge in [0, 0.05) is 43.8 Å². The van der Waals surface area contributed by atoms with Gasteiger partial charge in [-0.1, -0.05) is 27.7 Å². The van der Waals surface area contributed by atoms with Gasteiger partial charge in [0.2, 0.25) is 5.88 Å². The SMILES string of the molecule is Cc1cn(C)cc1S(=O)(=O)NC(=O)c1ccc(-n2ccc(OCC(C)(C)C)n2)nc1N1C[C@@H](C)CC1(C)C. The molecule has 38 heavy (non-hydrogen) atoms. The predicted molar refractivity (Wildman–Crippen MR) is 146 cm³/mol. The molecule has 0 spiro atoms. The van der Waals surface area contributed by atoms with Crippen LogP contribution in [-0.4, -0.2) is 52.3 Å². The molecular weight excluding hydrogens is 504 g/mol. The minimum absolute atomic E-state index is 0.0130. The van der Waals surface area contributed by atoms with Crippen LogP contribution < -0.4 is 14.4 Å². The molecular formula is C27H38N6O4S. The van der Waals surface area contributed by atoms with Crippen molar-refractivity contribution < 1.29 is 17.9 Å². The Bertz CT molecular complexity index is 1450. The Kier molecular flexibility index (Phi) is 7.11. The molecule has 0 saturated carbocycles. The number of amides is 1. The van der Waals surface area contributed by atoms with Crippen molar-refractivity contribution in [1.29, 1.82) is 0 Å². The summed E-state index contributed by atoms with van der Waals surface area (Å²) in [6.45, 7) is 15.5. The third kappa shape index (κ3) is 5.87. The number of aryl methyl sites for hydroxylation is 2. The number of rotatable bonds is 7. The number of hydrogen-bond donors (Lipinski definition) is 1. The van der Waals surface area contributed by atoms with Crippen LogP contribution in [0.3, 0.4) is 0 Å². The van der Waals surface area contributed by atoms with E-state index in [1.165, 1.54) is 6.20 Å². The molecule has 4 heterocycles. The summed E-state index contributed by atoms with van der Waals surface area (Å²) in [5.74, 6) is 1.04. The zero-order chi connectivity index (χ0) is 28.0. The molecule has 0 aliphatic carbocycles. The van der Waals surface area contributed by atoms with Crippen molar-refractivity contribution in [2.24, 2.45) is 18.4 Å². The van der Waals surface area contributed by atoms with Crippen molar-refractivity contribution >= 4 is 21.7 Å². The van der Waals surface area contributed by atoms with Crippen LogP contribution in [0, 0.1) is 18.3 Å². The smallest absolute Gasteiger partial charge is 0.268 e. The van der Waals surface area contributed by atoms with Gasteiger partial charge >= 0.3 is 0 Å². The average Bonchev–Trinajstić information content (AvgIpc) is 3.47. The summed E-state index contributed by atoms with van der Waals surface area (Å²) in [4.78, 5) is 20.4. The summed E-state index contributed by atoms with van der Waals surface area (Å²) < 4.78 is 37.5. The van der Waals surface area contributed by atoms with E-state index in [-0.39, 0.29) is 21.4 Å². The van der Waals surface area contributed by atoms with Gasteiger partial charge in [-0.15, -0.1) is 5.10 Å². The molecule has 1 fully saturated rings. The maximum Gasteiger partial charge on any atom is 0.268 e. The largest absolute Gasteiger partial charge is 0.476 e. The van der Waals surface area contributed by atoms with E-state index in [4.69, 9.17) is 9.72 Å². The Hall–Kier alpha value is -3.34. The van der Waals surface area contributed by atoms with Gasteiger partial charge in [-0.2, -0.15) is 0 Å². The normalized spacial score (nSPS) is 17.6. The number of nitrogens with one attached hydrogen (secondary N) is 1. The van der Waals surface area contributed by atoms with Crippen molar-refractivity contribution in [3.05, 3.63) is 47.9 Å². The van der Waals surface area contributed by atoms with Crippen molar-refractivity contribution in [1.82, 2.24) is 24.1 Å². The van der Waals surface area contributed by atoms with Crippen LogP contribution in [0.15, 0.2) is 41.7 Å². The van der Waals surface area contributed by atoms with E-state index in [0.29, 0.717) is 42.1 Å². The van der Waals surface area contributed by atoms with Gasteiger partial charge in [-0.3, -0.25) is 4.79 Å². The van der Waals surface area contributed by atoms with Crippen LogP contribution >= 0.6 is 0 Å². The highest BCUT2D eigenvalue weighted by Gasteiger charge is 2.39. The van der Waals surface area contributed by atoms with E-state index in [0.717, 1.165) is 6.42 Å². The molecule has 0 unspecified atom stereocenters. The third-order valence-electron chi connectivity index (χ3n) is 6.51. The molecule has 0 bridgehead atoms. The second-order valence-electron chi connectivity index (χ2n) is 12.1. The number of pyridine rings is 1. The molecule has 1 aliphatic rings. The predicted octanol–water partition coefficient (Wildman–Crippen LogP) is 4.08. The van der Waals surface area contributed by atoms with Gasteiger partial charge < -0.3 is 14.2 Å². The standard InChI is InChI=1S/C27H38N6O4S/c1-18-13-27(6,7)32(14-18)24-20(25(34)30-38(35,36)21-16-31(8)15-19(21)2)9-10-22(28-24)33-12-11-23(29-33)37-17-26(3,4)5/h9-12,15-16,18H,13-14,17H2,1-8H3,(H,30,34)/t18-/m0/s1. The fraction of sp³-hybridized carbons (Fsp3) is 0.519. The highest BCUT2D eigenvalue weighted by Crippen LogP contribution is 2.38. The summed E-state index contributed by atoms with van der Waals surface area (Å²) >= 11 is 0. The number of aromatic nitrogens is 4. The molecule has 1 atom stereocenters. The first kappa shape index (κ1) is 27.7. The molecule has 0 aromatic carbocycles. The molecule has 206 valence electrons. The molecule has 1 aliphatic heterocycles. The van der Waals surface area contributed by atoms with E-state index < -0.39 is 15.9 Å². The molecule has 1 saturated heterocycles. The minimum Gasteiger partial charge on any atom is -0.476 e. The van der Waals surface area contributed by atoms with Crippen LogP contribution in [0.2, 0.25) is 0 Å². The number of hydrogen-bond acceptors (Lipinski definition) is 7. The van der Waals surface area contributed by atoms with Gasteiger partial charge in [0.05, 0.1) is 12.2 Å². The first-order chi connectivity index (χ1) is 17.6. The van der Waals surface area contributed by atoms with Crippen LogP contribution in [0.25, 0.3) is 5.82 Å². The van der Waals surface area contributed by atoms with E-state index in [1.807, 2.05) is 0 Å². The minimum atomic E-state index is -4.08. The third-order valence-corrected chi connectivity index (χ3v) is 7.97. The van der Waals surface area contributed by atoms with Gasteiger partial charge in [0.25, 0.3) is 15.9 Å². The molecule has 4 rings (SSSR count). The van der Waals surface area contributed by atoms with Gasteiger partial charge in [-0.25, -0.2) is 22.8 Å². The average molecular weight is 543 g/mol. The quantitative estimate of drug-likeness (QED) is 0.479. The van der Waals surface area contributed by atoms with Gasteiger partial charge in [0.1, 0.15) is 10.7 Å². The molecule has 10 nitrogen and oxygen atoms in total. The zero-order valence-corrected chi connectivity index (χ0v) is 24.3.